The van der Waals surface area contributed by atoms with Gasteiger partial charge >= 0.3 is 0 Å². The van der Waals surface area contributed by atoms with Crippen molar-refractivity contribution in [2.75, 3.05) is 18.4 Å². The van der Waals surface area contributed by atoms with Crippen molar-refractivity contribution in [1.29, 1.82) is 0 Å². The molecular formula is C24H26N4O3. The molecular weight excluding hydrogens is 392 g/mol. The van der Waals surface area contributed by atoms with Crippen molar-refractivity contribution in [2.45, 2.75) is 33.1 Å². The summed E-state index contributed by atoms with van der Waals surface area (Å²) in [5.74, 6) is -0.354. The molecule has 0 radical (unpaired) electrons. The summed E-state index contributed by atoms with van der Waals surface area (Å²) >= 11 is 0. The number of carbonyl (C=O) groups is 2. The smallest absolute Gasteiger partial charge is 0.229 e. The van der Waals surface area contributed by atoms with Crippen LogP contribution in [-0.2, 0) is 16.0 Å². The van der Waals surface area contributed by atoms with Crippen LogP contribution in [0.4, 0.5) is 5.69 Å². The molecule has 1 saturated heterocycles. The van der Waals surface area contributed by atoms with Gasteiger partial charge in [0.25, 0.3) is 0 Å². The summed E-state index contributed by atoms with van der Waals surface area (Å²) in [5, 5.41) is 10.5. The highest BCUT2D eigenvalue weighted by Crippen LogP contribution is 2.25. The number of benzene rings is 2. The van der Waals surface area contributed by atoms with Gasteiger partial charge in [-0.1, -0.05) is 52.3 Å². The van der Waals surface area contributed by atoms with Gasteiger partial charge in [0.2, 0.25) is 11.8 Å². The lowest BCUT2D eigenvalue weighted by Gasteiger charge is -2.32. The third-order valence-electron chi connectivity index (χ3n) is 5.69. The lowest BCUT2D eigenvalue weighted by atomic mass is 9.96. The first-order valence-electron chi connectivity index (χ1n) is 10.5. The second-order valence-corrected chi connectivity index (χ2v) is 8.09. The Labute approximate surface area is 181 Å². The molecule has 1 N–H and O–H groups in total. The summed E-state index contributed by atoms with van der Waals surface area (Å²) < 4.78 is 4.67. The number of rotatable bonds is 5. The fourth-order valence-electron chi connectivity index (χ4n) is 3.93. The summed E-state index contributed by atoms with van der Waals surface area (Å²) in [5.41, 5.74) is 5.28. The largest absolute Gasteiger partial charge is 0.342 e. The van der Waals surface area contributed by atoms with Gasteiger partial charge in [0, 0.05) is 18.8 Å². The van der Waals surface area contributed by atoms with E-state index in [0.717, 1.165) is 29.7 Å². The Hall–Kier alpha value is -3.48. The van der Waals surface area contributed by atoms with Crippen molar-refractivity contribution < 1.29 is 14.2 Å². The molecule has 4 rings (SSSR count). The summed E-state index contributed by atoms with van der Waals surface area (Å²) in [6.07, 6.45) is 1.70. The average molecular weight is 418 g/mol. The van der Waals surface area contributed by atoms with E-state index in [4.69, 9.17) is 0 Å². The van der Waals surface area contributed by atoms with Gasteiger partial charge in [-0.3, -0.25) is 9.59 Å². The van der Waals surface area contributed by atoms with Crippen LogP contribution in [0.25, 0.3) is 11.1 Å². The molecule has 1 unspecified atom stereocenters. The van der Waals surface area contributed by atoms with Gasteiger partial charge in [0.1, 0.15) is 11.4 Å². The number of piperidine rings is 1. The lowest BCUT2D eigenvalue weighted by Crippen LogP contribution is -2.44. The van der Waals surface area contributed by atoms with Crippen LogP contribution >= 0.6 is 0 Å². The number of aromatic nitrogens is 2. The third kappa shape index (κ3) is 4.99. The van der Waals surface area contributed by atoms with Gasteiger partial charge in [-0.25, -0.2) is 4.63 Å². The predicted molar refractivity (Wildman–Crippen MR) is 117 cm³/mol. The van der Waals surface area contributed by atoms with E-state index in [-0.39, 0.29) is 24.2 Å². The van der Waals surface area contributed by atoms with E-state index in [1.807, 2.05) is 30.3 Å². The van der Waals surface area contributed by atoms with Crippen LogP contribution in [-0.4, -0.2) is 40.1 Å². The number of carbonyl (C=O) groups excluding carboxylic acids is 2. The zero-order valence-corrected chi connectivity index (χ0v) is 17.8. The second kappa shape index (κ2) is 9.12. The van der Waals surface area contributed by atoms with Crippen molar-refractivity contribution in [1.82, 2.24) is 15.2 Å². The maximum Gasteiger partial charge on any atom is 0.229 e. The number of nitrogens with zero attached hydrogens (tertiary/aromatic N) is 3. The molecule has 31 heavy (non-hydrogen) atoms. The molecule has 0 spiro atoms. The van der Waals surface area contributed by atoms with E-state index in [2.05, 4.69) is 45.4 Å². The zero-order chi connectivity index (χ0) is 21.8. The van der Waals surface area contributed by atoms with E-state index < -0.39 is 0 Å². The van der Waals surface area contributed by atoms with E-state index in [1.54, 1.807) is 11.8 Å². The summed E-state index contributed by atoms with van der Waals surface area (Å²) in [6.45, 7) is 4.88. The van der Waals surface area contributed by atoms with E-state index in [0.29, 0.717) is 24.5 Å². The van der Waals surface area contributed by atoms with Gasteiger partial charge in [-0.05, 0) is 49.9 Å². The lowest BCUT2D eigenvalue weighted by molar-refractivity contribution is -0.134. The maximum atomic E-state index is 12.9. The number of hydrogen-bond donors (Lipinski definition) is 1. The minimum atomic E-state index is -0.239. The standard InChI is InChI=1S/C24H26N4O3/c1-16-6-3-7-18(12-16)19-8-4-10-21(13-19)25-24(30)20-9-5-11-28(15-20)23(29)14-22-17(2)26-31-27-22/h3-4,6-8,10,12-13,20H,5,9,11,14-15H2,1-2H3,(H,25,30). The van der Waals surface area contributed by atoms with Crippen molar-refractivity contribution in [2.24, 2.45) is 5.92 Å². The Morgan fingerprint density at radius 1 is 1.10 bits per heavy atom. The van der Waals surface area contributed by atoms with Crippen LogP contribution in [0, 0.1) is 19.8 Å². The monoisotopic (exact) mass is 418 g/mol. The number of amides is 2. The van der Waals surface area contributed by atoms with Gasteiger partial charge < -0.3 is 10.2 Å². The number of anilines is 1. The number of likely N-dealkylation sites (tertiary alicyclic amines) is 1. The second-order valence-electron chi connectivity index (χ2n) is 8.09. The molecule has 2 aromatic carbocycles. The van der Waals surface area contributed by atoms with Gasteiger partial charge in [-0.2, -0.15) is 0 Å². The Bertz CT molecular complexity index is 1090. The molecule has 1 aliphatic rings. The van der Waals surface area contributed by atoms with Crippen molar-refractivity contribution in [3.63, 3.8) is 0 Å². The third-order valence-corrected chi connectivity index (χ3v) is 5.69. The van der Waals surface area contributed by atoms with Gasteiger partial charge in [-0.15, -0.1) is 0 Å². The summed E-state index contributed by atoms with van der Waals surface area (Å²) in [6, 6.07) is 16.1. The molecule has 160 valence electrons. The van der Waals surface area contributed by atoms with Crippen LogP contribution in [0.1, 0.15) is 29.8 Å². The van der Waals surface area contributed by atoms with Gasteiger partial charge in [0.15, 0.2) is 0 Å². The Morgan fingerprint density at radius 3 is 2.61 bits per heavy atom. The fourth-order valence-corrected chi connectivity index (χ4v) is 3.93. The first kappa shape index (κ1) is 20.8. The highest BCUT2D eigenvalue weighted by Gasteiger charge is 2.29. The van der Waals surface area contributed by atoms with Crippen LogP contribution < -0.4 is 5.32 Å². The number of aryl methyl sites for hydroxylation is 2. The van der Waals surface area contributed by atoms with E-state index in [1.165, 1.54) is 5.56 Å². The normalized spacial score (nSPS) is 16.2. The minimum absolute atomic E-state index is 0.0572. The highest BCUT2D eigenvalue weighted by atomic mass is 16.6. The Kier molecular flexibility index (Phi) is 6.11. The van der Waals surface area contributed by atoms with E-state index in [9.17, 15) is 9.59 Å². The first-order chi connectivity index (χ1) is 15.0. The molecule has 0 aliphatic carbocycles. The Balaban J connectivity index is 1.40. The molecule has 7 heteroatoms. The first-order valence-corrected chi connectivity index (χ1v) is 10.5. The van der Waals surface area contributed by atoms with Crippen LogP contribution in [0.3, 0.4) is 0 Å². The van der Waals surface area contributed by atoms with Gasteiger partial charge in [0.05, 0.1) is 12.3 Å². The van der Waals surface area contributed by atoms with Crippen molar-refractivity contribution in [3.8, 4) is 11.1 Å². The maximum absolute atomic E-state index is 12.9. The quantitative estimate of drug-likeness (QED) is 0.681. The number of nitrogens with one attached hydrogen (secondary N) is 1. The minimum Gasteiger partial charge on any atom is -0.342 e. The van der Waals surface area contributed by atoms with Crippen molar-refractivity contribution >= 4 is 17.5 Å². The summed E-state index contributed by atoms with van der Waals surface area (Å²) in [7, 11) is 0. The van der Waals surface area contributed by atoms with Crippen LogP contribution in [0.15, 0.2) is 53.2 Å². The van der Waals surface area contributed by atoms with Crippen LogP contribution in [0.2, 0.25) is 0 Å². The molecule has 7 nitrogen and oxygen atoms in total. The molecule has 1 fully saturated rings. The number of hydrogen-bond acceptors (Lipinski definition) is 5. The fraction of sp³-hybridized carbons (Fsp3) is 0.333. The highest BCUT2D eigenvalue weighted by molar-refractivity contribution is 5.94. The molecule has 0 saturated carbocycles. The van der Waals surface area contributed by atoms with Crippen molar-refractivity contribution in [3.05, 3.63) is 65.5 Å². The summed E-state index contributed by atoms with van der Waals surface area (Å²) in [4.78, 5) is 27.3. The topological polar surface area (TPSA) is 88.3 Å². The van der Waals surface area contributed by atoms with Crippen LogP contribution in [0.5, 0.6) is 0 Å². The molecule has 3 aromatic rings. The molecule has 0 bridgehead atoms. The molecule has 2 heterocycles. The molecule has 2 amide bonds. The molecule has 1 aromatic heterocycles. The Morgan fingerprint density at radius 2 is 1.87 bits per heavy atom. The molecule has 1 aliphatic heterocycles. The SMILES string of the molecule is Cc1cccc(-c2cccc(NC(=O)C3CCCN(C(=O)Cc4nonc4C)C3)c2)c1. The predicted octanol–water partition coefficient (Wildman–Crippen LogP) is 3.77. The van der Waals surface area contributed by atoms with E-state index >= 15 is 0 Å². The average Bonchev–Trinajstić information content (AvgIpc) is 3.18. The molecule has 1 atom stereocenters. The zero-order valence-electron chi connectivity index (χ0n) is 17.8.